The molecule has 23 heavy (non-hydrogen) atoms. The van der Waals surface area contributed by atoms with Gasteiger partial charge in [-0.15, -0.1) is 0 Å². The summed E-state index contributed by atoms with van der Waals surface area (Å²) in [5.41, 5.74) is 5.05. The number of hydrogen-bond donors (Lipinski definition) is 1. The molecule has 1 saturated heterocycles. The highest BCUT2D eigenvalue weighted by Crippen LogP contribution is 2.16. The summed E-state index contributed by atoms with van der Waals surface area (Å²) in [6.45, 7) is 4.15. The predicted octanol–water partition coefficient (Wildman–Crippen LogP) is 1.77. The Bertz CT molecular complexity index is 707. The Morgan fingerprint density at radius 1 is 1.17 bits per heavy atom. The van der Waals surface area contributed by atoms with Gasteiger partial charge >= 0.3 is 0 Å². The van der Waals surface area contributed by atoms with Gasteiger partial charge in [0, 0.05) is 43.8 Å². The van der Waals surface area contributed by atoms with E-state index in [0.29, 0.717) is 11.1 Å². The molecule has 2 aromatic rings. The smallest absolute Gasteiger partial charge is 0.269 e. The Hall–Kier alpha value is -1.86. The minimum absolute atomic E-state index is 0.111. The Morgan fingerprint density at radius 2 is 1.96 bits per heavy atom. The van der Waals surface area contributed by atoms with E-state index in [2.05, 4.69) is 43.2 Å². The topological polar surface area (TPSA) is 53.4 Å². The van der Waals surface area contributed by atoms with Crippen LogP contribution in [0, 0.1) is 0 Å². The van der Waals surface area contributed by atoms with Gasteiger partial charge in [0.15, 0.2) is 0 Å². The van der Waals surface area contributed by atoms with E-state index in [1.807, 2.05) is 18.3 Å². The highest BCUT2D eigenvalue weighted by atomic mass is 79.9. The lowest BCUT2D eigenvalue weighted by Crippen LogP contribution is -2.44. The number of hydrogen-bond acceptors (Lipinski definition) is 5. The molecule has 2 aromatic heterocycles. The highest BCUT2D eigenvalue weighted by molar-refractivity contribution is 9.08. The van der Waals surface area contributed by atoms with E-state index in [0.717, 1.165) is 37.4 Å². The van der Waals surface area contributed by atoms with Crippen LogP contribution in [0.25, 0.3) is 0 Å². The molecule has 1 aliphatic heterocycles. The van der Waals surface area contributed by atoms with Gasteiger partial charge in [-0.1, -0.05) is 22.0 Å². The first-order chi connectivity index (χ1) is 11.2. The lowest BCUT2D eigenvalue weighted by molar-refractivity contribution is 0.313. The average molecular weight is 378 g/mol. The van der Waals surface area contributed by atoms with E-state index in [4.69, 9.17) is 0 Å². The maximum absolute atomic E-state index is 11.9. The zero-order chi connectivity index (χ0) is 16.2. The van der Waals surface area contributed by atoms with Crippen molar-refractivity contribution in [2.24, 2.45) is 0 Å². The molecule has 0 bridgehead atoms. The van der Waals surface area contributed by atoms with Gasteiger partial charge in [-0.2, -0.15) is 0 Å². The minimum Gasteiger partial charge on any atom is -0.368 e. The predicted molar refractivity (Wildman–Crippen MR) is 96.3 cm³/mol. The molecule has 0 radical (unpaired) electrons. The highest BCUT2D eigenvalue weighted by Gasteiger charge is 2.14. The molecule has 1 N–H and O–H groups in total. The van der Waals surface area contributed by atoms with Crippen molar-refractivity contribution < 1.29 is 0 Å². The molecule has 3 heterocycles. The number of halogens is 1. The Labute approximate surface area is 143 Å². The molecule has 0 unspecified atom stereocenters. The molecule has 0 aliphatic carbocycles. The minimum atomic E-state index is -0.111. The second-order valence-corrected chi connectivity index (χ2v) is 6.24. The second-order valence-electron chi connectivity index (χ2n) is 5.68. The van der Waals surface area contributed by atoms with Crippen LogP contribution in [-0.2, 0) is 5.33 Å². The maximum Gasteiger partial charge on any atom is 0.269 e. The van der Waals surface area contributed by atoms with Gasteiger partial charge in [-0.25, -0.2) is 9.66 Å². The monoisotopic (exact) mass is 377 g/mol. The molecule has 3 rings (SSSR count). The number of piperazine rings is 1. The van der Waals surface area contributed by atoms with Crippen LogP contribution in [0.15, 0.2) is 41.5 Å². The molecule has 0 aromatic carbocycles. The van der Waals surface area contributed by atoms with Gasteiger partial charge in [-0.3, -0.25) is 10.2 Å². The van der Waals surface area contributed by atoms with Crippen LogP contribution in [0.2, 0.25) is 0 Å². The fourth-order valence-electron chi connectivity index (χ4n) is 2.52. The summed E-state index contributed by atoms with van der Waals surface area (Å²) in [5, 5.41) is 0.699. The van der Waals surface area contributed by atoms with Crippen LogP contribution < -0.4 is 15.9 Å². The van der Waals surface area contributed by atoms with Gasteiger partial charge in [0.1, 0.15) is 5.82 Å². The van der Waals surface area contributed by atoms with Crippen LogP contribution in [-0.4, -0.2) is 47.8 Å². The molecule has 7 heteroatoms. The number of rotatable bonds is 4. The van der Waals surface area contributed by atoms with E-state index in [9.17, 15) is 4.79 Å². The SMILES string of the molecule is CN1CCN(c2ccc(Nn3cc(CBr)ccc3=O)nc2)CC1. The molecule has 0 saturated carbocycles. The summed E-state index contributed by atoms with van der Waals surface area (Å²) in [6, 6.07) is 7.29. The third kappa shape index (κ3) is 3.92. The molecule has 0 amide bonds. The van der Waals surface area contributed by atoms with Crippen molar-refractivity contribution in [3.63, 3.8) is 0 Å². The first-order valence-corrected chi connectivity index (χ1v) is 8.72. The number of nitrogens with one attached hydrogen (secondary N) is 1. The third-order valence-corrected chi connectivity index (χ3v) is 4.63. The van der Waals surface area contributed by atoms with Crippen molar-refractivity contribution in [2.75, 3.05) is 43.6 Å². The summed E-state index contributed by atoms with van der Waals surface area (Å²) in [6.07, 6.45) is 3.63. The lowest BCUT2D eigenvalue weighted by atomic mass is 10.3. The summed E-state index contributed by atoms with van der Waals surface area (Å²) < 4.78 is 1.45. The van der Waals surface area contributed by atoms with Crippen molar-refractivity contribution in [1.29, 1.82) is 0 Å². The molecule has 122 valence electrons. The van der Waals surface area contributed by atoms with Crippen LogP contribution in [0.5, 0.6) is 0 Å². The van der Waals surface area contributed by atoms with Gasteiger partial charge in [0.25, 0.3) is 5.56 Å². The van der Waals surface area contributed by atoms with E-state index in [1.54, 1.807) is 18.3 Å². The molecule has 0 spiro atoms. The number of alkyl halides is 1. The molecule has 6 nitrogen and oxygen atoms in total. The van der Waals surface area contributed by atoms with E-state index < -0.39 is 0 Å². The zero-order valence-electron chi connectivity index (χ0n) is 13.1. The summed E-state index contributed by atoms with van der Waals surface area (Å²) in [5.74, 6) is 0.650. The maximum atomic E-state index is 11.9. The fourth-order valence-corrected chi connectivity index (χ4v) is 2.86. The van der Waals surface area contributed by atoms with Gasteiger partial charge in [0.05, 0.1) is 11.9 Å². The van der Waals surface area contributed by atoms with Crippen LogP contribution in [0.4, 0.5) is 11.5 Å². The van der Waals surface area contributed by atoms with E-state index >= 15 is 0 Å². The standard InChI is InChI=1S/C16H20BrN5O/c1-20-6-8-21(9-7-20)14-3-4-15(18-11-14)19-22-12-13(10-17)2-5-16(22)23/h2-5,11-12H,6-10H2,1H3,(H,18,19). The summed E-state index contributed by atoms with van der Waals surface area (Å²) in [7, 11) is 2.14. The molecule has 1 fully saturated rings. The lowest BCUT2D eigenvalue weighted by Gasteiger charge is -2.33. The van der Waals surface area contributed by atoms with Gasteiger partial charge in [0.2, 0.25) is 0 Å². The summed E-state index contributed by atoms with van der Waals surface area (Å²) >= 11 is 3.39. The quantitative estimate of drug-likeness (QED) is 0.822. The number of aromatic nitrogens is 2. The second kappa shape index (κ2) is 7.14. The molecular formula is C16H20BrN5O. The first-order valence-electron chi connectivity index (χ1n) is 7.60. The molecular weight excluding hydrogens is 358 g/mol. The summed E-state index contributed by atoms with van der Waals surface area (Å²) in [4.78, 5) is 21.0. The Morgan fingerprint density at radius 3 is 2.61 bits per heavy atom. The largest absolute Gasteiger partial charge is 0.368 e. The average Bonchev–Trinajstić information content (AvgIpc) is 2.58. The van der Waals surface area contributed by atoms with Crippen molar-refractivity contribution >= 4 is 27.4 Å². The van der Waals surface area contributed by atoms with Crippen LogP contribution in [0.3, 0.4) is 0 Å². The molecule has 0 atom stereocenters. The number of anilines is 2. The van der Waals surface area contributed by atoms with Crippen LogP contribution >= 0.6 is 15.9 Å². The third-order valence-electron chi connectivity index (χ3n) is 3.98. The van der Waals surface area contributed by atoms with Crippen molar-refractivity contribution in [3.8, 4) is 0 Å². The van der Waals surface area contributed by atoms with Gasteiger partial charge < -0.3 is 9.80 Å². The number of likely N-dealkylation sites (N-methyl/N-ethyl adjacent to an activating group) is 1. The van der Waals surface area contributed by atoms with E-state index in [-0.39, 0.29) is 5.56 Å². The molecule has 1 aliphatic rings. The number of nitrogens with zero attached hydrogens (tertiary/aromatic N) is 4. The van der Waals surface area contributed by atoms with Crippen molar-refractivity contribution in [1.82, 2.24) is 14.6 Å². The zero-order valence-corrected chi connectivity index (χ0v) is 14.7. The Balaban J connectivity index is 1.71. The fraction of sp³-hybridized carbons (Fsp3) is 0.375. The Kier molecular flexibility index (Phi) is 4.97. The first kappa shape index (κ1) is 16.0. The van der Waals surface area contributed by atoms with E-state index in [1.165, 1.54) is 4.68 Å². The van der Waals surface area contributed by atoms with Crippen molar-refractivity contribution in [2.45, 2.75) is 5.33 Å². The van der Waals surface area contributed by atoms with Gasteiger partial charge in [-0.05, 0) is 24.7 Å². The normalized spacial score (nSPS) is 15.7. The number of pyridine rings is 2. The van der Waals surface area contributed by atoms with Crippen LogP contribution in [0.1, 0.15) is 5.56 Å². The van der Waals surface area contributed by atoms with Crippen molar-refractivity contribution in [3.05, 3.63) is 52.6 Å².